The monoisotopic (exact) mass is 698 g/mol. The van der Waals surface area contributed by atoms with E-state index in [-0.39, 0.29) is 30.2 Å². The van der Waals surface area contributed by atoms with E-state index in [1.165, 1.54) is 5.56 Å². The first-order chi connectivity index (χ1) is 24.5. The SMILES string of the molecule is CC1(C)O[C@H]2C3(CCCC3)C(=O)OC[C@@]23[C@@H]1C(=O)[C@@H](O)[C@]1([C@H]2CCC[C@H](Cc4ccccc4)C2)[C@@H]3CC[C@@]2(C)[C@H](c3ccoc3)OC(=O)[C@H]3O[C@@]312. The van der Waals surface area contributed by atoms with E-state index >= 15 is 4.79 Å². The van der Waals surface area contributed by atoms with Crippen LogP contribution in [0, 0.1) is 45.3 Å². The van der Waals surface area contributed by atoms with Crippen molar-refractivity contribution in [3.05, 3.63) is 60.1 Å². The van der Waals surface area contributed by atoms with Crippen LogP contribution in [0.4, 0.5) is 0 Å². The summed E-state index contributed by atoms with van der Waals surface area (Å²) in [5.74, 6) is -1.67. The van der Waals surface area contributed by atoms with Crippen LogP contribution in [0.15, 0.2) is 53.3 Å². The quantitative estimate of drug-likeness (QED) is 0.289. The molecular formula is C42H50O9. The molecule has 2 aromatic rings. The number of benzene rings is 1. The first kappa shape index (κ1) is 32.6. The number of cyclic esters (lactones) is 2. The molecule has 10 rings (SSSR count). The molecule has 8 fully saturated rings. The van der Waals surface area contributed by atoms with Crippen LogP contribution in [-0.2, 0) is 39.8 Å². The molecule has 9 heteroatoms. The number of carbonyl (C=O) groups is 3. The molecular weight excluding hydrogens is 648 g/mol. The Hall–Kier alpha value is -3.01. The van der Waals surface area contributed by atoms with E-state index in [4.69, 9.17) is 23.4 Å². The van der Waals surface area contributed by atoms with Crippen LogP contribution in [0.25, 0.3) is 0 Å². The second kappa shape index (κ2) is 10.6. The highest BCUT2D eigenvalue weighted by Gasteiger charge is 2.93. The maximum atomic E-state index is 15.5. The zero-order valence-electron chi connectivity index (χ0n) is 29.9. The number of ketones is 1. The Kier molecular flexibility index (Phi) is 6.76. The summed E-state index contributed by atoms with van der Waals surface area (Å²) in [6.07, 6.45) is 8.69. The Balaban J connectivity index is 1.20. The van der Waals surface area contributed by atoms with Gasteiger partial charge in [0.1, 0.15) is 24.4 Å². The molecule has 4 saturated heterocycles. The molecule has 0 radical (unpaired) electrons. The van der Waals surface area contributed by atoms with E-state index < -0.39 is 69.2 Å². The average molecular weight is 699 g/mol. The minimum atomic E-state index is -1.39. The number of aliphatic hydroxyl groups excluding tert-OH is 1. The molecule has 1 aromatic carbocycles. The van der Waals surface area contributed by atoms with Crippen molar-refractivity contribution in [3.8, 4) is 0 Å². The maximum Gasteiger partial charge on any atom is 0.339 e. The van der Waals surface area contributed by atoms with E-state index in [0.717, 1.165) is 50.5 Å². The number of Topliss-reactive ketones (excluding diaryl/α,β-unsaturated/α-hetero) is 1. The van der Waals surface area contributed by atoms with Crippen LogP contribution >= 0.6 is 0 Å². The fraction of sp³-hybridized carbons (Fsp3) is 0.690. The zero-order chi connectivity index (χ0) is 35.2. The number of epoxide rings is 1. The van der Waals surface area contributed by atoms with E-state index in [9.17, 15) is 14.7 Å². The van der Waals surface area contributed by atoms with Crippen molar-refractivity contribution < 1.29 is 42.9 Å². The number of carbonyl (C=O) groups excluding carboxylic acids is 3. The van der Waals surface area contributed by atoms with E-state index in [1.807, 2.05) is 26.0 Å². The third-order valence-corrected chi connectivity index (χ3v) is 16.0. The number of rotatable bonds is 4. The van der Waals surface area contributed by atoms with Crippen molar-refractivity contribution in [2.24, 2.45) is 45.3 Å². The van der Waals surface area contributed by atoms with Crippen LogP contribution in [-0.4, -0.2) is 58.9 Å². The molecule has 272 valence electrons. The molecule has 0 amide bonds. The molecule has 0 unspecified atom stereocenters. The summed E-state index contributed by atoms with van der Waals surface area (Å²) >= 11 is 0. The molecule has 12 atom stereocenters. The summed E-state index contributed by atoms with van der Waals surface area (Å²) in [4.78, 5) is 43.6. The van der Waals surface area contributed by atoms with Gasteiger partial charge in [0.05, 0.1) is 35.6 Å². The Morgan fingerprint density at radius 3 is 2.41 bits per heavy atom. The van der Waals surface area contributed by atoms with Gasteiger partial charge in [0.15, 0.2) is 11.9 Å². The van der Waals surface area contributed by atoms with Crippen LogP contribution in [0.1, 0.15) is 102 Å². The lowest BCUT2D eigenvalue weighted by molar-refractivity contribution is -0.285. The standard InChI is InChI=1S/C42H50O9/c1-37(2)30-29(43)31(44)41(27-13-9-12-25(21-27)20-24-10-5-4-6-11-24)28(40(30)23-48-36(46)39(35(40)51-37)16-7-8-17-39)14-18-38(3)32(26-15-19-47-22-26)49-34(45)33-42(38,41)50-33/h4-6,10-11,15,19,22,25,27-28,30-33,35,44H,7-9,12-14,16-18,20-21,23H2,1-3H3/t25-,27+,28-,30-,31-,32+,33-,35+,38+,40-,41+,42-/m1/s1. The summed E-state index contributed by atoms with van der Waals surface area (Å²) < 4.78 is 32.2. The predicted molar refractivity (Wildman–Crippen MR) is 182 cm³/mol. The lowest BCUT2D eigenvalue weighted by atomic mass is 9.32. The third kappa shape index (κ3) is 3.76. The van der Waals surface area contributed by atoms with Gasteiger partial charge >= 0.3 is 11.9 Å². The van der Waals surface area contributed by atoms with Gasteiger partial charge < -0.3 is 28.5 Å². The van der Waals surface area contributed by atoms with Crippen molar-refractivity contribution in [3.63, 3.8) is 0 Å². The van der Waals surface area contributed by atoms with E-state index in [1.54, 1.807) is 12.5 Å². The fourth-order valence-corrected chi connectivity index (χ4v) is 14.5. The molecule has 3 spiro atoms. The molecule has 51 heavy (non-hydrogen) atoms. The third-order valence-electron chi connectivity index (χ3n) is 16.0. The van der Waals surface area contributed by atoms with Gasteiger partial charge in [0, 0.05) is 21.8 Å². The fourth-order valence-electron chi connectivity index (χ4n) is 14.5. The second-order valence-corrected chi connectivity index (χ2v) is 18.4. The van der Waals surface area contributed by atoms with Gasteiger partial charge in [0.2, 0.25) is 0 Å². The predicted octanol–water partition coefficient (Wildman–Crippen LogP) is 6.31. The number of furan rings is 1. The van der Waals surface area contributed by atoms with Gasteiger partial charge in [-0.15, -0.1) is 0 Å². The number of hydrogen-bond donors (Lipinski definition) is 1. The number of hydrogen-bond acceptors (Lipinski definition) is 9. The summed E-state index contributed by atoms with van der Waals surface area (Å²) in [7, 11) is 0. The van der Waals surface area contributed by atoms with Gasteiger partial charge in [0.25, 0.3) is 0 Å². The minimum absolute atomic E-state index is 0.0739. The minimum Gasteiger partial charge on any atom is -0.472 e. The van der Waals surface area contributed by atoms with Crippen molar-refractivity contribution in [1.82, 2.24) is 0 Å². The van der Waals surface area contributed by atoms with Crippen molar-refractivity contribution >= 4 is 17.7 Å². The molecule has 4 aliphatic carbocycles. The Morgan fingerprint density at radius 2 is 1.67 bits per heavy atom. The molecule has 5 heterocycles. The van der Waals surface area contributed by atoms with Gasteiger partial charge in [-0.05, 0) is 88.2 Å². The summed E-state index contributed by atoms with van der Waals surface area (Å²) in [6.45, 7) is 6.15. The summed E-state index contributed by atoms with van der Waals surface area (Å²) in [5, 5.41) is 13.2. The Labute approximate surface area is 299 Å². The molecule has 8 aliphatic rings. The molecule has 9 nitrogen and oxygen atoms in total. The van der Waals surface area contributed by atoms with Gasteiger partial charge in [-0.1, -0.05) is 62.9 Å². The Morgan fingerprint density at radius 1 is 0.882 bits per heavy atom. The van der Waals surface area contributed by atoms with Crippen LogP contribution < -0.4 is 0 Å². The number of esters is 2. The largest absolute Gasteiger partial charge is 0.472 e. The number of fused-ring (bicyclic) bond motifs is 2. The Bertz CT molecular complexity index is 1760. The van der Waals surface area contributed by atoms with Crippen LogP contribution in [0.3, 0.4) is 0 Å². The topological polar surface area (TPSA) is 125 Å². The molecule has 4 saturated carbocycles. The molecule has 0 bridgehead atoms. The number of ether oxygens (including phenoxy) is 4. The first-order valence-electron chi connectivity index (χ1n) is 19.5. The average Bonchev–Trinajstić information content (AvgIpc) is 3.42. The van der Waals surface area contributed by atoms with Crippen molar-refractivity contribution in [1.29, 1.82) is 0 Å². The summed E-state index contributed by atoms with van der Waals surface area (Å²) in [5.41, 5.74) is -3.67. The highest BCUT2D eigenvalue weighted by Crippen LogP contribution is 2.83. The van der Waals surface area contributed by atoms with Gasteiger partial charge in [-0.25, -0.2) is 4.79 Å². The van der Waals surface area contributed by atoms with Crippen molar-refractivity contribution in [2.45, 2.75) is 127 Å². The van der Waals surface area contributed by atoms with Gasteiger partial charge in [-0.2, -0.15) is 0 Å². The van der Waals surface area contributed by atoms with E-state index in [0.29, 0.717) is 31.6 Å². The van der Waals surface area contributed by atoms with Crippen molar-refractivity contribution in [2.75, 3.05) is 6.61 Å². The molecule has 4 aliphatic heterocycles. The summed E-state index contributed by atoms with van der Waals surface area (Å²) in [6, 6.07) is 12.4. The second-order valence-electron chi connectivity index (χ2n) is 18.4. The van der Waals surface area contributed by atoms with Crippen LogP contribution in [0.5, 0.6) is 0 Å². The number of aliphatic hydroxyl groups is 1. The van der Waals surface area contributed by atoms with E-state index in [2.05, 4.69) is 31.2 Å². The lowest BCUT2D eigenvalue weighted by Crippen LogP contribution is -2.80. The maximum absolute atomic E-state index is 15.5. The van der Waals surface area contributed by atoms with Gasteiger partial charge in [-0.3, -0.25) is 9.59 Å². The first-order valence-corrected chi connectivity index (χ1v) is 19.5. The highest BCUT2D eigenvalue weighted by atomic mass is 16.7. The molecule has 1 aromatic heterocycles. The van der Waals surface area contributed by atoms with Crippen LogP contribution in [0.2, 0.25) is 0 Å². The lowest BCUT2D eigenvalue weighted by Gasteiger charge is -2.70. The smallest absolute Gasteiger partial charge is 0.339 e. The molecule has 1 N–H and O–H groups in total. The zero-order valence-corrected chi connectivity index (χ0v) is 29.9. The highest BCUT2D eigenvalue weighted by molar-refractivity contribution is 5.92. The normalized spacial score (nSPS) is 47.3.